The average Bonchev–Trinajstić information content (AvgIpc) is 3.06. The first-order valence-electron chi connectivity index (χ1n) is 9.28. The quantitative estimate of drug-likeness (QED) is 0.808. The molecule has 1 amide bonds. The zero-order valence-electron chi connectivity index (χ0n) is 15.6. The highest BCUT2D eigenvalue weighted by Crippen LogP contribution is 2.43. The molecule has 0 aromatic heterocycles. The van der Waals surface area contributed by atoms with E-state index in [2.05, 4.69) is 20.8 Å². The molecule has 24 heavy (non-hydrogen) atoms. The lowest BCUT2D eigenvalue weighted by Gasteiger charge is -2.43. The van der Waals surface area contributed by atoms with Crippen LogP contribution in [0.3, 0.4) is 0 Å². The second-order valence-electron chi connectivity index (χ2n) is 7.89. The summed E-state index contributed by atoms with van der Waals surface area (Å²) < 4.78 is 11.8. The number of aliphatic hydroxyl groups is 1. The van der Waals surface area contributed by atoms with Crippen LogP contribution in [0.2, 0.25) is 0 Å². The molecule has 0 saturated carbocycles. The number of hydrogen-bond donors (Lipinski definition) is 1. The van der Waals surface area contributed by atoms with Gasteiger partial charge in [-0.15, -0.1) is 0 Å². The van der Waals surface area contributed by atoms with E-state index < -0.39 is 6.29 Å². The number of nitrogens with zero attached hydrogens (tertiary/aromatic N) is 1. The van der Waals surface area contributed by atoms with Crippen molar-refractivity contribution in [1.82, 2.24) is 4.90 Å². The molecule has 0 radical (unpaired) electrons. The Morgan fingerprint density at radius 2 is 2.04 bits per heavy atom. The lowest BCUT2D eigenvalue weighted by atomic mass is 9.70. The Balaban J connectivity index is 2.27. The van der Waals surface area contributed by atoms with Gasteiger partial charge in [0.05, 0.1) is 0 Å². The zero-order chi connectivity index (χ0) is 17.7. The van der Waals surface area contributed by atoms with Gasteiger partial charge in [-0.1, -0.05) is 20.8 Å². The molecule has 1 fully saturated rings. The van der Waals surface area contributed by atoms with Crippen molar-refractivity contribution in [3.63, 3.8) is 0 Å². The maximum Gasteiger partial charge on any atom is 0.288 e. The summed E-state index contributed by atoms with van der Waals surface area (Å²) in [7, 11) is 0. The van der Waals surface area contributed by atoms with Crippen molar-refractivity contribution < 1.29 is 19.4 Å². The molecule has 2 heterocycles. The first kappa shape index (κ1) is 19.3. The van der Waals surface area contributed by atoms with Crippen LogP contribution < -0.4 is 0 Å². The highest BCUT2D eigenvalue weighted by atomic mass is 16.7. The lowest BCUT2D eigenvalue weighted by molar-refractivity contribution is -0.182. The van der Waals surface area contributed by atoms with E-state index in [-0.39, 0.29) is 29.8 Å². The molecule has 2 rings (SSSR count). The number of likely N-dealkylation sites (tertiary alicyclic amines) is 1. The second-order valence-corrected chi connectivity index (χ2v) is 7.89. The van der Waals surface area contributed by atoms with Crippen LogP contribution in [0.15, 0.2) is 11.8 Å². The van der Waals surface area contributed by atoms with E-state index in [1.54, 1.807) is 0 Å². The third-order valence-electron chi connectivity index (χ3n) is 5.02. The number of rotatable bonds is 6. The fourth-order valence-electron chi connectivity index (χ4n) is 3.76. The second kappa shape index (κ2) is 8.34. The van der Waals surface area contributed by atoms with Gasteiger partial charge in [-0.05, 0) is 50.0 Å². The zero-order valence-corrected chi connectivity index (χ0v) is 15.6. The predicted molar refractivity (Wildman–Crippen MR) is 93.2 cm³/mol. The van der Waals surface area contributed by atoms with Gasteiger partial charge >= 0.3 is 0 Å². The monoisotopic (exact) mass is 339 g/mol. The molecule has 0 aromatic rings. The van der Waals surface area contributed by atoms with E-state index in [1.165, 1.54) is 0 Å². The molecule has 5 nitrogen and oxygen atoms in total. The lowest BCUT2D eigenvalue weighted by Crippen LogP contribution is -2.44. The fraction of sp³-hybridized carbons (Fsp3) is 0.842. The minimum atomic E-state index is -0.419. The number of hydrogen-bond acceptors (Lipinski definition) is 4. The van der Waals surface area contributed by atoms with Crippen LogP contribution in [-0.4, -0.2) is 48.5 Å². The standard InChI is InChI=1S/C19H33NO4/c1-5-23-18-14(9-8-12-21)15(19(2,3)4)13-16(24-18)17(22)20-10-6-7-11-20/h13-15,18,21H,5-12H2,1-4H3/t14-,15-,18+/m0/s1. The highest BCUT2D eigenvalue weighted by molar-refractivity contribution is 5.91. The molecule has 1 saturated heterocycles. The SMILES string of the molecule is CCO[C@@H]1OC(C(=O)N2CCCC2)=C[C@H](C(C)(C)C)[C@@H]1CCCO. The Morgan fingerprint density at radius 1 is 1.38 bits per heavy atom. The molecule has 3 atom stereocenters. The Bertz CT molecular complexity index is 449. The van der Waals surface area contributed by atoms with Gasteiger partial charge in [-0.2, -0.15) is 0 Å². The van der Waals surface area contributed by atoms with Crippen LogP contribution in [0, 0.1) is 17.3 Å². The largest absolute Gasteiger partial charge is 0.459 e. The molecule has 1 N–H and O–H groups in total. The Labute approximate surface area is 146 Å². The molecule has 2 aliphatic heterocycles. The predicted octanol–water partition coefficient (Wildman–Crippen LogP) is 2.94. The van der Waals surface area contributed by atoms with Crippen LogP contribution in [0.25, 0.3) is 0 Å². The summed E-state index contributed by atoms with van der Waals surface area (Å²) in [6.07, 6.45) is 5.26. The van der Waals surface area contributed by atoms with Crippen molar-refractivity contribution in [2.75, 3.05) is 26.3 Å². The van der Waals surface area contributed by atoms with E-state index in [4.69, 9.17) is 9.47 Å². The third-order valence-corrected chi connectivity index (χ3v) is 5.02. The van der Waals surface area contributed by atoms with Gasteiger partial charge < -0.3 is 19.5 Å². The van der Waals surface area contributed by atoms with Crippen LogP contribution >= 0.6 is 0 Å². The van der Waals surface area contributed by atoms with Crippen LogP contribution in [0.4, 0.5) is 0 Å². The Kier molecular flexibility index (Phi) is 6.70. The van der Waals surface area contributed by atoms with Crippen molar-refractivity contribution in [2.45, 2.75) is 59.7 Å². The molecule has 0 aliphatic carbocycles. The summed E-state index contributed by atoms with van der Waals surface area (Å²) >= 11 is 0. The normalized spacial score (nSPS) is 27.8. The molecule has 0 aromatic carbocycles. The van der Waals surface area contributed by atoms with Crippen molar-refractivity contribution in [3.8, 4) is 0 Å². The minimum Gasteiger partial charge on any atom is -0.459 e. The summed E-state index contributed by atoms with van der Waals surface area (Å²) in [6, 6.07) is 0. The maximum atomic E-state index is 12.8. The van der Waals surface area contributed by atoms with Gasteiger partial charge in [-0.3, -0.25) is 4.79 Å². The summed E-state index contributed by atoms with van der Waals surface area (Å²) in [5.74, 6) is 0.755. The molecule has 2 aliphatic rings. The topological polar surface area (TPSA) is 59.0 Å². The first-order valence-corrected chi connectivity index (χ1v) is 9.28. The third kappa shape index (κ3) is 4.51. The number of allylic oxidation sites excluding steroid dienone is 1. The molecular formula is C19H33NO4. The number of amides is 1. The van der Waals surface area contributed by atoms with E-state index in [9.17, 15) is 9.90 Å². The van der Waals surface area contributed by atoms with Gasteiger partial charge in [0.1, 0.15) is 0 Å². The molecule has 0 spiro atoms. The first-order chi connectivity index (χ1) is 11.4. The molecule has 0 unspecified atom stereocenters. The van der Waals surface area contributed by atoms with Crippen molar-refractivity contribution in [1.29, 1.82) is 0 Å². The number of carbonyl (C=O) groups is 1. The number of aliphatic hydroxyl groups excluding tert-OH is 1. The molecule has 138 valence electrons. The summed E-state index contributed by atoms with van der Waals surface area (Å²) in [4.78, 5) is 14.7. The van der Waals surface area contributed by atoms with Crippen molar-refractivity contribution >= 4 is 5.91 Å². The average molecular weight is 339 g/mol. The van der Waals surface area contributed by atoms with Gasteiger partial charge in [0.25, 0.3) is 5.91 Å². The van der Waals surface area contributed by atoms with Crippen LogP contribution in [-0.2, 0) is 14.3 Å². The maximum absolute atomic E-state index is 12.8. The van der Waals surface area contributed by atoms with Gasteiger partial charge in [0.2, 0.25) is 6.29 Å². The van der Waals surface area contributed by atoms with Gasteiger partial charge in [0.15, 0.2) is 5.76 Å². The van der Waals surface area contributed by atoms with Gasteiger partial charge in [0, 0.05) is 32.2 Å². The van der Waals surface area contributed by atoms with Gasteiger partial charge in [-0.25, -0.2) is 0 Å². The van der Waals surface area contributed by atoms with Crippen molar-refractivity contribution in [3.05, 3.63) is 11.8 Å². The van der Waals surface area contributed by atoms with E-state index in [1.807, 2.05) is 17.9 Å². The minimum absolute atomic E-state index is 0.00417. The fourth-order valence-corrected chi connectivity index (χ4v) is 3.76. The summed E-state index contributed by atoms with van der Waals surface area (Å²) in [5.41, 5.74) is -0.00417. The summed E-state index contributed by atoms with van der Waals surface area (Å²) in [6.45, 7) is 10.8. The highest BCUT2D eigenvalue weighted by Gasteiger charge is 2.42. The van der Waals surface area contributed by atoms with E-state index in [0.29, 0.717) is 18.8 Å². The molecular weight excluding hydrogens is 306 g/mol. The molecule has 0 bridgehead atoms. The van der Waals surface area contributed by atoms with Crippen LogP contribution in [0.1, 0.15) is 53.4 Å². The number of carbonyl (C=O) groups excluding carboxylic acids is 1. The smallest absolute Gasteiger partial charge is 0.288 e. The van der Waals surface area contributed by atoms with E-state index >= 15 is 0 Å². The number of ether oxygens (including phenoxy) is 2. The summed E-state index contributed by atoms with van der Waals surface area (Å²) in [5, 5.41) is 9.23. The van der Waals surface area contributed by atoms with Crippen molar-refractivity contribution in [2.24, 2.45) is 17.3 Å². The Morgan fingerprint density at radius 3 is 2.58 bits per heavy atom. The van der Waals surface area contributed by atoms with Crippen LogP contribution in [0.5, 0.6) is 0 Å². The Hall–Kier alpha value is -1.07. The van der Waals surface area contributed by atoms with E-state index in [0.717, 1.165) is 32.4 Å². The molecule has 5 heteroatoms.